The van der Waals surface area contributed by atoms with Gasteiger partial charge in [-0.1, -0.05) is 45.2 Å². The molecule has 1 unspecified atom stereocenters. The van der Waals surface area contributed by atoms with Crippen LogP contribution >= 0.6 is 50.9 Å². The van der Waals surface area contributed by atoms with Crippen molar-refractivity contribution < 1.29 is 5.11 Å². The van der Waals surface area contributed by atoms with Crippen molar-refractivity contribution in [2.75, 3.05) is 11.9 Å². The summed E-state index contributed by atoms with van der Waals surface area (Å²) in [6.45, 7) is 2.44. The van der Waals surface area contributed by atoms with E-state index in [9.17, 15) is 5.11 Å². The molecule has 0 aromatic heterocycles. The van der Waals surface area contributed by atoms with Crippen LogP contribution in [-0.2, 0) is 0 Å². The average Bonchev–Trinajstić information content (AvgIpc) is 2.75. The zero-order chi connectivity index (χ0) is 13.3. The highest BCUT2D eigenvalue weighted by Crippen LogP contribution is 2.40. The van der Waals surface area contributed by atoms with Crippen molar-refractivity contribution in [3.8, 4) is 5.75 Å². The molecular formula is C12H12BrCl2NOS. The molecule has 2 nitrogen and oxygen atoms in total. The molecule has 6 heteroatoms. The second-order valence-electron chi connectivity index (χ2n) is 3.98. The minimum absolute atomic E-state index is 0.0533. The highest BCUT2D eigenvalue weighted by molar-refractivity contribution is 9.11. The maximum atomic E-state index is 9.94. The number of rotatable bonds is 3. The predicted molar refractivity (Wildman–Crippen MR) is 84.4 cm³/mol. The first-order valence-corrected chi connectivity index (χ1v) is 7.95. The van der Waals surface area contributed by atoms with Crippen LogP contribution in [0.2, 0.25) is 10.0 Å². The normalized spacial score (nSPS) is 18.9. The number of halogens is 3. The highest BCUT2D eigenvalue weighted by Gasteiger charge is 2.16. The Labute approximate surface area is 129 Å². The van der Waals surface area contributed by atoms with Gasteiger partial charge in [0, 0.05) is 16.5 Å². The second kappa shape index (κ2) is 5.95. The van der Waals surface area contributed by atoms with E-state index in [1.165, 1.54) is 4.91 Å². The molecule has 2 rings (SSSR count). The molecule has 1 aliphatic heterocycles. The van der Waals surface area contributed by atoms with Crippen molar-refractivity contribution in [1.29, 1.82) is 0 Å². The third kappa shape index (κ3) is 3.10. The number of benzene rings is 1. The van der Waals surface area contributed by atoms with Gasteiger partial charge in [-0.3, -0.25) is 0 Å². The van der Waals surface area contributed by atoms with Crippen molar-refractivity contribution in [3.05, 3.63) is 32.7 Å². The lowest BCUT2D eigenvalue weighted by Crippen LogP contribution is -2.03. The molecule has 1 aliphatic rings. The average molecular weight is 369 g/mol. The van der Waals surface area contributed by atoms with E-state index >= 15 is 0 Å². The zero-order valence-electron chi connectivity index (χ0n) is 9.64. The summed E-state index contributed by atoms with van der Waals surface area (Å²) in [6.07, 6.45) is 3.19. The van der Waals surface area contributed by atoms with Gasteiger partial charge in [-0.15, -0.1) is 11.8 Å². The number of thioether (sulfide) groups is 1. The van der Waals surface area contributed by atoms with E-state index in [0.29, 0.717) is 32.0 Å². The van der Waals surface area contributed by atoms with Crippen LogP contribution in [0.25, 0.3) is 0 Å². The smallest absolute Gasteiger partial charge is 0.157 e. The molecule has 0 amide bonds. The van der Waals surface area contributed by atoms with Crippen LogP contribution in [0, 0.1) is 6.92 Å². The van der Waals surface area contributed by atoms with Gasteiger partial charge in [-0.05, 0) is 25.0 Å². The second-order valence-corrected chi connectivity index (χ2v) is 7.81. The molecule has 2 N–H and O–H groups in total. The Morgan fingerprint density at radius 2 is 2.28 bits per heavy atom. The standard InChI is InChI=1S/C12H12BrCl2NOS/c1-6-8(14)4-9(12(17)11(6)15)16-5-7-2-3-10(13)18-7/h2,4,10,16-17H,3,5H2,1H3. The molecule has 1 atom stereocenters. The number of hydrogen-bond acceptors (Lipinski definition) is 3. The Morgan fingerprint density at radius 1 is 1.56 bits per heavy atom. The van der Waals surface area contributed by atoms with Crippen LogP contribution in [0.3, 0.4) is 0 Å². The molecule has 0 fully saturated rings. The molecule has 0 radical (unpaired) electrons. The molecule has 0 bridgehead atoms. The van der Waals surface area contributed by atoms with Crippen molar-refractivity contribution in [1.82, 2.24) is 0 Å². The first kappa shape index (κ1) is 14.4. The van der Waals surface area contributed by atoms with Crippen LogP contribution < -0.4 is 5.32 Å². The number of phenolic OH excluding ortho intramolecular Hbond substituents is 1. The summed E-state index contributed by atoms with van der Waals surface area (Å²) in [5.41, 5.74) is 1.26. The van der Waals surface area contributed by atoms with E-state index in [1.54, 1.807) is 24.8 Å². The summed E-state index contributed by atoms with van der Waals surface area (Å²) < 4.78 is 0.452. The van der Waals surface area contributed by atoms with Crippen LogP contribution in [-0.4, -0.2) is 15.8 Å². The van der Waals surface area contributed by atoms with E-state index in [2.05, 4.69) is 27.3 Å². The van der Waals surface area contributed by atoms with Crippen molar-refractivity contribution >= 4 is 56.6 Å². The SMILES string of the molecule is Cc1c(Cl)cc(NCC2=CCC(Br)S2)c(O)c1Cl. The van der Waals surface area contributed by atoms with E-state index < -0.39 is 0 Å². The lowest BCUT2D eigenvalue weighted by molar-refractivity contribution is 0.477. The fourth-order valence-corrected chi connectivity index (χ4v) is 3.85. The maximum Gasteiger partial charge on any atom is 0.157 e. The molecular weight excluding hydrogens is 357 g/mol. The third-order valence-electron chi connectivity index (χ3n) is 2.68. The predicted octanol–water partition coefficient (Wildman–Crippen LogP) is 5.16. The highest BCUT2D eigenvalue weighted by atomic mass is 79.9. The fraction of sp³-hybridized carbons (Fsp3) is 0.333. The third-order valence-corrected chi connectivity index (χ3v) is 5.54. The molecule has 18 heavy (non-hydrogen) atoms. The molecule has 0 spiro atoms. The van der Waals surface area contributed by atoms with Crippen molar-refractivity contribution in [2.45, 2.75) is 17.5 Å². The zero-order valence-corrected chi connectivity index (χ0v) is 13.5. The number of aromatic hydroxyl groups is 1. The molecule has 1 aromatic carbocycles. The van der Waals surface area contributed by atoms with Gasteiger partial charge in [0.25, 0.3) is 0 Å². The first-order valence-electron chi connectivity index (χ1n) is 5.40. The van der Waals surface area contributed by atoms with Crippen LogP contribution in [0.15, 0.2) is 17.0 Å². The van der Waals surface area contributed by atoms with E-state index in [4.69, 9.17) is 23.2 Å². The molecule has 1 heterocycles. The Morgan fingerprint density at radius 3 is 2.89 bits per heavy atom. The number of nitrogens with one attached hydrogen (secondary N) is 1. The minimum atomic E-state index is 0.0533. The minimum Gasteiger partial charge on any atom is -0.504 e. The van der Waals surface area contributed by atoms with Crippen molar-refractivity contribution in [2.24, 2.45) is 0 Å². The summed E-state index contributed by atoms with van der Waals surface area (Å²) >= 11 is 17.4. The molecule has 0 aliphatic carbocycles. The van der Waals surface area contributed by atoms with E-state index in [0.717, 1.165) is 6.42 Å². The number of hydrogen-bond donors (Lipinski definition) is 2. The summed E-state index contributed by atoms with van der Waals surface area (Å²) in [4.78, 5) is 1.24. The molecule has 98 valence electrons. The lowest BCUT2D eigenvalue weighted by Gasteiger charge is -2.13. The van der Waals surface area contributed by atoms with Gasteiger partial charge >= 0.3 is 0 Å². The van der Waals surface area contributed by atoms with E-state index in [-0.39, 0.29) is 5.75 Å². The Bertz CT molecular complexity index is 507. The molecule has 0 saturated heterocycles. The van der Waals surface area contributed by atoms with Gasteiger partial charge in [0.05, 0.1) is 14.9 Å². The monoisotopic (exact) mass is 367 g/mol. The van der Waals surface area contributed by atoms with Crippen molar-refractivity contribution in [3.63, 3.8) is 0 Å². The summed E-state index contributed by atoms with van der Waals surface area (Å²) in [6, 6.07) is 1.70. The number of phenols is 1. The lowest BCUT2D eigenvalue weighted by atomic mass is 10.2. The van der Waals surface area contributed by atoms with E-state index in [1.807, 2.05) is 0 Å². The number of alkyl halides is 1. The summed E-state index contributed by atoms with van der Waals surface area (Å²) in [7, 11) is 0. The molecule has 1 aromatic rings. The fourth-order valence-electron chi connectivity index (χ4n) is 1.62. The Kier molecular flexibility index (Phi) is 4.75. The van der Waals surface area contributed by atoms with Crippen LogP contribution in [0.5, 0.6) is 5.75 Å². The topological polar surface area (TPSA) is 32.3 Å². The summed E-state index contributed by atoms with van der Waals surface area (Å²) in [5.74, 6) is 0.0533. The quantitative estimate of drug-likeness (QED) is 0.570. The van der Waals surface area contributed by atoms with Gasteiger partial charge in [0.2, 0.25) is 0 Å². The Hall–Kier alpha value is -0.0300. The number of allylic oxidation sites excluding steroid dienone is 1. The Balaban J connectivity index is 2.10. The summed E-state index contributed by atoms with van der Waals surface area (Å²) in [5, 5.41) is 13.9. The van der Waals surface area contributed by atoms with Crippen LogP contribution in [0.1, 0.15) is 12.0 Å². The largest absolute Gasteiger partial charge is 0.504 e. The maximum absolute atomic E-state index is 9.94. The first-order chi connectivity index (χ1) is 8.49. The van der Waals surface area contributed by atoms with Gasteiger partial charge in [0.15, 0.2) is 5.75 Å². The van der Waals surface area contributed by atoms with Gasteiger partial charge in [-0.25, -0.2) is 0 Å². The number of anilines is 1. The van der Waals surface area contributed by atoms with Gasteiger partial charge in [0.1, 0.15) is 0 Å². The van der Waals surface area contributed by atoms with Gasteiger partial charge in [-0.2, -0.15) is 0 Å². The molecule has 0 saturated carbocycles. The van der Waals surface area contributed by atoms with Crippen LogP contribution in [0.4, 0.5) is 5.69 Å². The van der Waals surface area contributed by atoms with Gasteiger partial charge < -0.3 is 10.4 Å².